The lowest BCUT2D eigenvalue weighted by Crippen LogP contribution is -2.50. The van der Waals surface area contributed by atoms with Gasteiger partial charge in [-0.25, -0.2) is 0 Å². The van der Waals surface area contributed by atoms with E-state index in [4.69, 9.17) is 0 Å². The number of allylic oxidation sites excluding steroid dienone is 2. The molecule has 0 spiro atoms. The molecule has 0 heterocycles. The number of rotatable bonds is 0. The molecule has 4 aliphatic carbocycles. The van der Waals surface area contributed by atoms with E-state index in [-0.39, 0.29) is 5.41 Å². The predicted octanol–water partition coefficient (Wildman–Crippen LogP) is 5.40. The van der Waals surface area contributed by atoms with Crippen LogP contribution in [0, 0.1) is 40.4 Å². The molecule has 4 rings (SSSR count). The topological polar surface area (TPSA) is 17.1 Å². The van der Waals surface area contributed by atoms with Crippen LogP contribution < -0.4 is 0 Å². The molecule has 0 saturated heterocycles. The van der Waals surface area contributed by atoms with E-state index >= 15 is 0 Å². The van der Waals surface area contributed by atoms with Crippen LogP contribution in [0.2, 0.25) is 0 Å². The highest BCUT2D eigenvalue weighted by Gasteiger charge is 2.60. The largest absolute Gasteiger partial charge is 0.299 e. The van der Waals surface area contributed by atoms with Crippen molar-refractivity contribution in [3.05, 3.63) is 11.6 Å². The summed E-state index contributed by atoms with van der Waals surface area (Å²) in [4.78, 5) is 12.7. The van der Waals surface area contributed by atoms with Crippen molar-refractivity contribution in [3.63, 3.8) is 0 Å². The lowest BCUT2D eigenvalue weighted by atomic mass is 9.47. The Labute approximate surface area is 135 Å². The minimum atomic E-state index is 0.00421. The smallest absolute Gasteiger partial charge is 0.141 e. The molecule has 22 heavy (non-hydrogen) atoms. The predicted molar refractivity (Wildman–Crippen MR) is 90.4 cm³/mol. The van der Waals surface area contributed by atoms with E-state index in [1.54, 1.807) is 5.57 Å². The quantitative estimate of drug-likeness (QED) is 0.547. The highest BCUT2D eigenvalue weighted by atomic mass is 16.1. The van der Waals surface area contributed by atoms with Crippen molar-refractivity contribution in [3.8, 4) is 0 Å². The van der Waals surface area contributed by atoms with Gasteiger partial charge in [-0.05, 0) is 74.0 Å². The summed E-state index contributed by atoms with van der Waals surface area (Å²) in [6.07, 6.45) is 11.6. The average molecular weight is 300 g/mol. The third kappa shape index (κ3) is 1.80. The minimum Gasteiger partial charge on any atom is -0.299 e. The van der Waals surface area contributed by atoms with Gasteiger partial charge >= 0.3 is 0 Å². The molecule has 3 saturated carbocycles. The normalized spacial score (nSPS) is 54.3. The van der Waals surface area contributed by atoms with E-state index in [1.807, 2.05) is 0 Å². The van der Waals surface area contributed by atoms with Crippen molar-refractivity contribution < 1.29 is 4.79 Å². The third-order valence-corrected chi connectivity index (χ3v) is 8.36. The zero-order chi connectivity index (χ0) is 15.7. The molecular formula is C21H32O. The Morgan fingerprint density at radius 1 is 1.05 bits per heavy atom. The summed E-state index contributed by atoms with van der Waals surface area (Å²) in [7, 11) is 0. The summed E-state index contributed by atoms with van der Waals surface area (Å²) in [5.74, 6) is 4.03. The Bertz CT molecular complexity index is 532. The molecule has 0 aromatic carbocycles. The van der Waals surface area contributed by atoms with Crippen molar-refractivity contribution in [1.29, 1.82) is 0 Å². The molecule has 122 valence electrons. The van der Waals surface area contributed by atoms with Crippen molar-refractivity contribution in [1.82, 2.24) is 0 Å². The first-order chi connectivity index (χ1) is 10.4. The molecule has 0 amide bonds. The van der Waals surface area contributed by atoms with Crippen molar-refractivity contribution in [2.45, 2.75) is 72.6 Å². The van der Waals surface area contributed by atoms with E-state index in [2.05, 4.69) is 33.8 Å². The zero-order valence-electron chi connectivity index (χ0n) is 14.8. The molecule has 1 nitrogen and oxygen atoms in total. The summed E-state index contributed by atoms with van der Waals surface area (Å²) in [5, 5.41) is 0. The first kappa shape index (κ1) is 15.0. The molecule has 2 unspecified atom stereocenters. The molecule has 0 bridgehead atoms. The highest BCUT2D eigenvalue weighted by molar-refractivity contribution is 5.89. The number of ketones is 1. The van der Waals surface area contributed by atoms with Crippen molar-refractivity contribution >= 4 is 5.78 Å². The molecule has 0 radical (unpaired) electrons. The van der Waals surface area contributed by atoms with Crippen molar-refractivity contribution in [2.24, 2.45) is 40.4 Å². The summed E-state index contributed by atoms with van der Waals surface area (Å²) < 4.78 is 0. The zero-order valence-corrected chi connectivity index (χ0v) is 14.8. The number of carbonyl (C=O) groups is 1. The Morgan fingerprint density at radius 3 is 2.55 bits per heavy atom. The lowest BCUT2D eigenvalue weighted by Gasteiger charge is -2.57. The van der Waals surface area contributed by atoms with Gasteiger partial charge in [0.2, 0.25) is 0 Å². The minimum absolute atomic E-state index is 0.00421. The van der Waals surface area contributed by atoms with Gasteiger partial charge in [-0.2, -0.15) is 0 Å². The maximum atomic E-state index is 12.7. The SMILES string of the molecule is CC1CC[C@@]2(C)C(=CC[C@@H]3[C@H]2CC[C@]2(C)C(=O)C(C)C[C@@H]32)C1. The Kier molecular flexibility index (Phi) is 3.20. The van der Waals surface area contributed by atoms with E-state index in [0.29, 0.717) is 23.0 Å². The van der Waals surface area contributed by atoms with Gasteiger partial charge in [0, 0.05) is 11.3 Å². The van der Waals surface area contributed by atoms with Crippen LogP contribution in [0.3, 0.4) is 0 Å². The van der Waals surface area contributed by atoms with Crippen LogP contribution in [0.4, 0.5) is 0 Å². The molecule has 1 heteroatoms. The molecule has 0 aromatic rings. The van der Waals surface area contributed by atoms with Crippen LogP contribution in [-0.2, 0) is 4.79 Å². The summed E-state index contributed by atoms with van der Waals surface area (Å²) in [6.45, 7) is 9.45. The number of hydrogen-bond acceptors (Lipinski definition) is 1. The van der Waals surface area contributed by atoms with Crippen molar-refractivity contribution in [2.75, 3.05) is 0 Å². The van der Waals surface area contributed by atoms with Gasteiger partial charge < -0.3 is 0 Å². The summed E-state index contributed by atoms with van der Waals surface area (Å²) in [6, 6.07) is 0. The van der Waals surface area contributed by atoms with E-state index in [0.717, 1.165) is 30.6 Å². The fourth-order valence-electron chi connectivity index (χ4n) is 6.95. The Hall–Kier alpha value is -0.590. The van der Waals surface area contributed by atoms with Crippen LogP contribution in [-0.4, -0.2) is 5.78 Å². The third-order valence-electron chi connectivity index (χ3n) is 8.36. The van der Waals surface area contributed by atoms with Crippen LogP contribution >= 0.6 is 0 Å². The molecule has 4 aliphatic rings. The van der Waals surface area contributed by atoms with E-state index in [1.165, 1.54) is 32.1 Å². The first-order valence-corrected chi connectivity index (χ1v) is 9.60. The van der Waals surface area contributed by atoms with E-state index in [9.17, 15) is 4.79 Å². The Balaban J connectivity index is 1.70. The summed E-state index contributed by atoms with van der Waals surface area (Å²) in [5.41, 5.74) is 2.23. The van der Waals surface area contributed by atoms with Crippen LogP contribution in [0.25, 0.3) is 0 Å². The van der Waals surface area contributed by atoms with Crippen LogP contribution in [0.1, 0.15) is 72.6 Å². The second kappa shape index (κ2) is 4.71. The maximum absolute atomic E-state index is 12.7. The standard InChI is InChI=1S/C21H32O/c1-13-7-9-20(3)15(11-13)5-6-16-17(20)8-10-21(4)18(16)12-14(2)19(21)22/h5,13-14,16-18H,6-12H2,1-4H3/t13?,14?,16-,17-,18+,20+,21+/m1/s1. The maximum Gasteiger partial charge on any atom is 0.141 e. The van der Waals surface area contributed by atoms with E-state index < -0.39 is 0 Å². The fourth-order valence-corrected chi connectivity index (χ4v) is 6.95. The average Bonchev–Trinajstić information content (AvgIpc) is 2.72. The second-order valence-corrected chi connectivity index (χ2v) is 9.56. The van der Waals surface area contributed by atoms with Gasteiger partial charge in [-0.15, -0.1) is 0 Å². The first-order valence-electron chi connectivity index (χ1n) is 9.60. The number of Topliss-reactive ketones (excluding diaryl/α,β-unsaturated/α-hetero) is 1. The van der Waals surface area contributed by atoms with Crippen LogP contribution in [0.15, 0.2) is 11.6 Å². The number of fused-ring (bicyclic) bond motifs is 5. The molecule has 0 N–H and O–H groups in total. The lowest BCUT2D eigenvalue weighted by molar-refractivity contribution is -0.133. The molecule has 0 aromatic heterocycles. The molecular weight excluding hydrogens is 268 g/mol. The fraction of sp³-hybridized carbons (Fsp3) is 0.857. The molecule has 0 aliphatic heterocycles. The van der Waals surface area contributed by atoms with Gasteiger partial charge in [0.15, 0.2) is 0 Å². The van der Waals surface area contributed by atoms with Gasteiger partial charge in [-0.1, -0.05) is 39.3 Å². The number of hydrogen-bond donors (Lipinski definition) is 0. The Morgan fingerprint density at radius 2 is 1.77 bits per heavy atom. The monoisotopic (exact) mass is 300 g/mol. The van der Waals surface area contributed by atoms with Gasteiger partial charge in [0.1, 0.15) is 5.78 Å². The molecule has 3 fully saturated rings. The van der Waals surface area contributed by atoms with Gasteiger partial charge in [-0.3, -0.25) is 4.79 Å². The van der Waals surface area contributed by atoms with Crippen LogP contribution in [0.5, 0.6) is 0 Å². The second-order valence-electron chi connectivity index (χ2n) is 9.56. The van der Waals surface area contributed by atoms with Gasteiger partial charge in [0.25, 0.3) is 0 Å². The number of carbonyl (C=O) groups excluding carboxylic acids is 1. The highest BCUT2D eigenvalue weighted by Crippen LogP contribution is 2.64. The summed E-state index contributed by atoms with van der Waals surface area (Å²) >= 11 is 0. The molecule has 7 atom stereocenters. The van der Waals surface area contributed by atoms with Gasteiger partial charge in [0.05, 0.1) is 0 Å².